The third-order valence-corrected chi connectivity index (χ3v) is 10.1. The monoisotopic (exact) mass is 515 g/mol. The molecule has 0 amide bonds. The number of fused-ring (bicyclic) bond motifs is 11. The molecule has 0 fully saturated rings. The molecule has 0 saturated carbocycles. The highest BCUT2D eigenvalue weighted by Crippen LogP contribution is 2.54. The third kappa shape index (κ3) is 2.74. The van der Waals surface area contributed by atoms with E-state index in [1.54, 1.807) is 0 Å². The van der Waals surface area contributed by atoms with E-state index >= 15 is 0 Å². The molecule has 6 aromatic carbocycles. The van der Waals surface area contributed by atoms with Gasteiger partial charge in [-0.05, 0) is 75.5 Å². The highest BCUT2D eigenvalue weighted by atomic mass is 32.1. The lowest BCUT2D eigenvalue weighted by molar-refractivity contribution is 0.664. The summed E-state index contributed by atoms with van der Waals surface area (Å²) in [4.78, 5) is 0. The predicted octanol–water partition coefficient (Wildman–Crippen LogP) is 10.6. The average Bonchev–Trinajstić information content (AvgIpc) is 3.57. The van der Waals surface area contributed by atoms with E-state index in [9.17, 15) is 0 Å². The van der Waals surface area contributed by atoms with E-state index in [1.165, 1.54) is 80.7 Å². The molecule has 0 bridgehead atoms. The van der Waals surface area contributed by atoms with Crippen molar-refractivity contribution in [3.8, 4) is 16.8 Å². The first-order valence-corrected chi connectivity index (χ1v) is 14.4. The zero-order valence-corrected chi connectivity index (χ0v) is 22.6. The molecule has 39 heavy (non-hydrogen) atoms. The summed E-state index contributed by atoms with van der Waals surface area (Å²) in [7, 11) is 0. The Labute approximate surface area is 230 Å². The van der Waals surface area contributed by atoms with Gasteiger partial charge in [0.1, 0.15) is 0 Å². The van der Waals surface area contributed by atoms with Crippen LogP contribution in [0.25, 0.3) is 69.6 Å². The Morgan fingerprint density at radius 2 is 1.28 bits per heavy atom. The molecule has 8 aromatic rings. The smallest absolute Gasteiger partial charge is 0.0588 e. The SMILES string of the molecule is CC1(C)c2cc3ccccc3cc2-c2ccc3c4ccccc4n(-c4ccc5sc6ccccc6c5c4)c3c21. The van der Waals surface area contributed by atoms with E-state index in [0.29, 0.717) is 0 Å². The zero-order valence-electron chi connectivity index (χ0n) is 21.8. The van der Waals surface area contributed by atoms with Gasteiger partial charge in [0, 0.05) is 42.0 Å². The van der Waals surface area contributed by atoms with Crippen LogP contribution in [0, 0.1) is 0 Å². The van der Waals surface area contributed by atoms with E-state index in [2.05, 4.69) is 134 Å². The fraction of sp³-hybridized carbons (Fsp3) is 0.0811. The van der Waals surface area contributed by atoms with Gasteiger partial charge >= 0.3 is 0 Å². The molecule has 0 aliphatic heterocycles. The standard InChI is InChI=1S/C37H25NS/c1-37(2)31-20-23-10-4-3-9-22(23)19-29(31)27-16-17-28-25-11-5-7-13-32(25)38(36(28)35(27)37)24-15-18-34-30(21-24)26-12-6-8-14-33(26)39-34/h3-21H,1-2H3. The van der Waals surface area contributed by atoms with Gasteiger partial charge in [-0.1, -0.05) is 86.6 Å². The van der Waals surface area contributed by atoms with E-state index in [-0.39, 0.29) is 5.41 Å². The second-order valence-corrected chi connectivity index (χ2v) is 12.5. The van der Waals surface area contributed by atoms with Crippen LogP contribution in [0.3, 0.4) is 0 Å². The van der Waals surface area contributed by atoms with Crippen LogP contribution >= 0.6 is 11.3 Å². The van der Waals surface area contributed by atoms with Gasteiger partial charge in [-0.25, -0.2) is 0 Å². The van der Waals surface area contributed by atoms with Gasteiger partial charge < -0.3 is 4.57 Å². The molecule has 2 aromatic heterocycles. The van der Waals surface area contributed by atoms with Crippen LogP contribution in [0.2, 0.25) is 0 Å². The molecule has 2 heterocycles. The average molecular weight is 516 g/mol. The van der Waals surface area contributed by atoms with Crippen molar-refractivity contribution in [2.45, 2.75) is 19.3 Å². The van der Waals surface area contributed by atoms with Crippen LogP contribution in [0.1, 0.15) is 25.0 Å². The van der Waals surface area contributed by atoms with E-state index in [0.717, 1.165) is 0 Å². The first-order chi connectivity index (χ1) is 19.1. The molecule has 0 saturated heterocycles. The molecule has 0 radical (unpaired) electrons. The minimum absolute atomic E-state index is 0.125. The number of rotatable bonds is 1. The van der Waals surface area contributed by atoms with Crippen LogP contribution in [0.4, 0.5) is 0 Å². The topological polar surface area (TPSA) is 4.93 Å². The second-order valence-electron chi connectivity index (χ2n) is 11.4. The van der Waals surface area contributed by atoms with Gasteiger partial charge in [0.15, 0.2) is 0 Å². The van der Waals surface area contributed by atoms with Crippen molar-refractivity contribution in [2.75, 3.05) is 0 Å². The highest BCUT2D eigenvalue weighted by Gasteiger charge is 2.38. The molecule has 0 atom stereocenters. The van der Waals surface area contributed by atoms with E-state index < -0.39 is 0 Å². The predicted molar refractivity (Wildman–Crippen MR) is 169 cm³/mol. The highest BCUT2D eigenvalue weighted by molar-refractivity contribution is 7.25. The Bertz CT molecular complexity index is 2310. The summed E-state index contributed by atoms with van der Waals surface area (Å²) in [5.41, 5.74) is 9.26. The van der Waals surface area contributed by atoms with Crippen molar-refractivity contribution in [3.63, 3.8) is 0 Å². The maximum absolute atomic E-state index is 2.53. The fourth-order valence-corrected chi connectivity index (χ4v) is 8.24. The molecule has 0 N–H and O–H groups in total. The summed E-state index contributed by atoms with van der Waals surface area (Å²) in [5.74, 6) is 0. The Hall–Kier alpha value is -4.40. The second kappa shape index (κ2) is 7.37. The van der Waals surface area contributed by atoms with Crippen molar-refractivity contribution in [1.82, 2.24) is 4.57 Å². The lowest BCUT2D eigenvalue weighted by Gasteiger charge is -2.24. The normalized spacial score (nSPS) is 14.1. The third-order valence-electron chi connectivity index (χ3n) is 8.93. The van der Waals surface area contributed by atoms with Gasteiger partial charge in [0.05, 0.1) is 11.0 Å². The Balaban J connectivity index is 1.43. The molecular weight excluding hydrogens is 490 g/mol. The molecule has 2 heteroatoms. The number of aromatic nitrogens is 1. The largest absolute Gasteiger partial charge is 0.309 e. The van der Waals surface area contributed by atoms with E-state index in [1.807, 2.05) is 11.3 Å². The number of benzene rings is 6. The summed E-state index contributed by atoms with van der Waals surface area (Å²) in [6.07, 6.45) is 0. The van der Waals surface area contributed by atoms with Gasteiger partial charge in [-0.2, -0.15) is 0 Å². The molecule has 0 spiro atoms. The lowest BCUT2D eigenvalue weighted by atomic mass is 9.81. The Kier molecular flexibility index (Phi) is 4.07. The maximum atomic E-state index is 2.53. The molecule has 1 nitrogen and oxygen atoms in total. The first kappa shape index (κ1) is 21.5. The van der Waals surface area contributed by atoms with E-state index in [4.69, 9.17) is 0 Å². The van der Waals surface area contributed by atoms with Gasteiger partial charge in [0.2, 0.25) is 0 Å². The van der Waals surface area contributed by atoms with Crippen LogP contribution in [0.15, 0.2) is 115 Å². The summed E-state index contributed by atoms with van der Waals surface area (Å²) >= 11 is 1.88. The minimum Gasteiger partial charge on any atom is -0.309 e. The summed E-state index contributed by atoms with van der Waals surface area (Å²) in [6.45, 7) is 4.81. The first-order valence-electron chi connectivity index (χ1n) is 13.6. The van der Waals surface area contributed by atoms with Gasteiger partial charge in [-0.3, -0.25) is 0 Å². The van der Waals surface area contributed by atoms with Crippen molar-refractivity contribution in [1.29, 1.82) is 0 Å². The number of para-hydroxylation sites is 1. The lowest BCUT2D eigenvalue weighted by Crippen LogP contribution is -2.16. The van der Waals surface area contributed by atoms with Crippen molar-refractivity contribution >= 4 is 64.1 Å². The van der Waals surface area contributed by atoms with Gasteiger partial charge in [0.25, 0.3) is 0 Å². The van der Waals surface area contributed by atoms with Crippen LogP contribution in [-0.2, 0) is 5.41 Å². The minimum atomic E-state index is -0.125. The Morgan fingerprint density at radius 3 is 2.15 bits per heavy atom. The number of nitrogens with zero attached hydrogens (tertiary/aromatic N) is 1. The maximum Gasteiger partial charge on any atom is 0.0588 e. The molecule has 1 aliphatic carbocycles. The number of thiophene rings is 1. The van der Waals surface area contributed by atoms with Crippen LogP contribution in [0.5, 0.6) is 0 Å². The quantitative estimate of drug-likeness (QED) is 0.205. The summed E-state index contributed by atoms with van der Waals surface area (Å²) in [5, 5.41) is 7.91. The summed E-state index contributed by atoms with van der Waals surface area (Å²) in [6, 6.07) is 43.0. The Morgan fingerprint density at radius 1 is 0.564 bits per heavy atom. The van der Waals surface area contributed by atoms with Crippen molar-refractivity contribution in [3.05, 3.63) is 126 Å². The van der Waals surface area contributed by atoms with Crippen molar-refractivity contribution in [2.24, 2.45) is 0 Å². The van der Waals surface area contributed by atoms with Crippen molar-refractivity contribution < 1.29 is 0 Å². The number of hydrogen-bond donors (Lipinski definition) is 0. The zero-order chi connectivity index (χ0) is 25.9. The number of hydrogen-bond acceptors (Lipinski definition) is 1. The molecular formula is C37H25NS. The summed E-state index contributed by atoms with van der Waals surface area (Å²) < 4.78 is 5.21. The molecule has 0 unspecified atom stereocenters. The molecule has 9 rings (SSSR count). The molecule has 184 valence electrons. The van der Waals surface area contributed by atoms with Crippen LogP contribution < -0.4 is 0 Å². The molecule has 1 aliphatic rings. The van der Waals surface area contributed by atoms with Crippen LogP contribution in [-0.4, -0.2) is 4.57 Å². The van der Waals surface area contributed by atoms with Gasteiger partial charge in [-0.15, -0.1) is 11.3 Å². The fourth-order valence-electron chi connectivity index (χ4n) is 7.15.